The van der Waals surface area contributed by atoms with Crippen LogP contribution in [0.25, 0.3) is 11.1 Å². The number of ketones is 1. The van der Waals surface area contributed by atoms with E-state index in [0.717, 1.165) is 5.56 Å². The van der Waals surface area contributed by atoms with Crippen LogP contribution in [0.15, 0.2) is 97.1 Å². The van der Waals surface area contributed by atoms with Crippen LogP contribution in [0.1, 0.15) is 34.8 Å². The number of urea groups is 1. The minimum atomic E-state index is -0.575. The van der Waals surface area contributed by atoms with E-state index >= 15 is 0 Å². The first kappa shape index (κ1) is 24.1. The van der Waals surface area contributed by atoms with E-state index in [1.165, 1.54) is 24.3 Å². The number of amides is 2. The largest absolute Gasteiger partial charge is 0.508 e. The Hall–Kier alpha value is -4.65. The van der Waals surface area contributed by atoms with E-state index in [-0.39, 0.29) is 29.7 Å². The van der Waals surface area contributed by atoms with Crippen molar-refractivity contribution in [3.63, 3.8) is 0 Å². The molecule has 1 aliphatic rings. The van der Waals surface area contributed by atoms with E-state index in [0.29, 0.717) is 28.8 Å². The molecule has 7 heteroatoms. The standard InChI is InChI=1S/C30H25FN2O4/c31-22-12-9-19(10-13-22)27(35)16-15-26-29(33(30(37)32-26)23-6-2-1-3-7-23)25-14-11-21(18-28(25)36)20-5-4-8-24(34)17-20/h1-14,17-18,26,29,34,36H,15-16H2,(H,32,37)/t26-,29+/m0/s1. The zero-order chi connectivity index (χ0) is 25.9. The van der Waals surface area contributed by atoms with Crippen LogP contribution in [0.5, 0.6) is 11.5 Å². The molecule has 1 heterocycles. The molecule has 1 fully saturated rings. The van der Waals surface area contributed by atoms with Gasteiger partial charge in [-0.2, -0.15) is 0 Å². The fourth-order valence-corrected chi connectivity index (χ4v) is 4.79. The second-order valence-electron chi connectivity index (χ2n) is 9.00. The van der Waals surface area contributed by atoms with Gasteiger partial charge < -0.3 is 15.5 Å². The van der Waals surface area contributed by atoms with Crippen molar-refractivity contribution in [2.24, 2.45) is 0 Å². The Bertz CT molecular complexity index is 1440. The predicted octanol–water partition coefficient (Wildman–Crippen LogP) is 6.21. The minimum Gasteiger partial charge on any atom is -0.508 e. The number of anilines is 1. The van der Waals surface area contributed by atoms with E-state index in [1.54, 1.807) is 35.2 Å². The second-order valence-corrected chi connectivity index (χ2v) is 9.00. The summed E-state index contributed by atoms with van der Waals surface area (Å²) < 4.78 is 13.3. The van der Waals surface area contributed by atoms with Gasteiger partial charge in [-0.05, 0) is 72.1 Å². The monoisotopic (exact) mass is 496 g/mol. The summed E-state index contributed by atoms with van der Waals surface area (Å²) in [6.07, 6.45) is 0.460. The molecule has 2 atom stereocenters. The normalized spacial score (nSPS) is 17.0. The maximum atomic E-state index is 13.3. The van der Waals surface area contributed by atoms with Crippen molar-refractivity contribution in [2.75, 3.05) is 4.90 Å². The van der Waals surface area contributed by atoms with Crippen molar-refractivity contribution >= 4 is 17.5 Å². The van der Waals surface area contributed by atoms with Crippen molar-refractivity contribution in [3.05, 3.63) is 114 Å². The molecule has 4 aromatic rings. The van der Waals surface area contributed by atoms with Crippen LogP contribution in [0.4, 0.5) is 14.9 Å². The second kappa shape index (κ2) is 10.1. The molecule has 186 valence electrons. The van der Waals surface area contributed by atoms with Gasteiger partial charge in [-0.3, -0.25) is 9.69 Å². The molecule has 0 saturated carbocycles. The molecule has 37 heavy (non-hydrogen) atoms. The molecular weight excluding hydrogens is 471 g/mol. The molecule has 0 spiro atoms. The van der Waals surface area contributed by atoms with E-state index < -0.39 is 17.9 Å². The number of hydrogen-bond donors (Lipinski definition) is 3. The Morgan fingerprint density at radius 3 is 2.30 bits per heavy atom. The molecule has 1 aliphatic heterocycles. The molecule has 2 amide bonds. The number of aromatic hydroxyl groups is 2. The number of carbonyl (C=O) groups is 2. The number of nitrogens with zero attached hydrogens (tertiary/aromatic N) is 1. The SMILES string of the molecule is O=C(CC[C@@H]1NC(=O)N(c2ccccc2)[C@@H]1c1ccc(-c2cccc(O)c2)cc1O)c1ccc(F)cc1. The summed E-state index contributed by atoms with van der Waals surface area (Å²) in [6, 6.07) is 25.1. The number of rotatable bonds is 7. The zero-order valence-corrected chi connectivity index (χ0v) is 19.8. The van der Waals surface area contributed by atoms with Gasteiger partial charge in [-0.15, -0.1) is 0 Å². The molecule has 0 bridgehead atoms. The van der Waals surface area contributed by atoms with Gasteiger partial charge in [0.2, 0.25) is 0 Å². The Balaban J connectivity index is 1.47. The van der Waals surface area contributed by atoms with Crippen molar-refractivity contribution in [3.8, 4) is 22.6 Å². The lowest BCUT2D eigenvalue weighted by Gasteiger charge is -2.28. The van der Waals surface area contributed by atoms with Gasteiger partial charge in [0.05, 0.1) is 12.1 Å². The number of phenolic OH excluding ortho intramolecular Hbond substituents is 2. The van der Waals surface area contributed by atoms with Crippen LogP contribution in [-0.4, -0.2) is 28.1 Å². The summed E-state index contributed by atoms with van der Waals surface area (Å²) in [7, 11) is 0. The van der Waals surface area contributed by atoms with E-state index in [9.17, 15) is 24.2 Å². The lowest BCUT2D eigenvalue weighted by molar-refractivity contribution is 0.0976. The van der Waals surface area contributed by atoms with Gasteiger partial charge in [0.15, 0.2) is 5.78 Å². The third-order valence-electron chi connectivity index (χ3n) is 6.60. The first-order valence-corrected chi connectivity index (χ1v) is 12.0. The first-order valence-electron chi connectivity index (χ1n) is 12.0. The molecule has 1 saturated heterocycles. The fourth-order valence-electron chi connectivity index (χ4n) is 4.79. The predicted molar refractivity (Wildman–Crippen MR) is 139 cm³/mol. The quantitative estimate of drug-likeness (QED) is 0.266. The molecule has 0 aliphatic carbocycles. The summed E-state index contributed by atoms with van der Waals surface area (Å²) >= 11 is 0. The van der Waals surface area contributed by atoms with Crippen molar-refractivity contribution < 1.29 is 24.2 Å². The highest BCUT2D eigenvalue weighted by atomic mass is 19.1. The smallest absolute Gasteiger partial charge is 0.322 e. The molecule has 0 aromatic heterocycles. The van der Waals surface area contributed by atoms with Crippen molar-refractivity contribution in [2.45, 2.75) is 24.9 Å². The Morgan fingerprint density at radius 1 is 0.865 bits per heavy atom. The zero-order valence-electron chi connectivity index (χ0n) is 19.8. The molecule has 0 unspecified atom stereocenters. The number of benzene rings is 4. The fraction of sp³-hybridized carbons (Fsp3) is 0.133. The van der Waals surface area contributed by atoms with Gasteiger partial charge >= 0.3 is 6.03 Å². The van der Waals surface area contributed by atoms with Crippen LogP contribution in [0.2, 0.25) is 0 Å². The Morgan fingerprint density at radius 2 is 1.59 bits per heavy atom. The van der Waals surface area contributed by atoms with Crippen LogP contribution < -0.4 is 10.2 Å². The topological polar surface area (TPSA) is 89.9 Å². The number of hydrogen-bond acceptors (Lipinski definition) is 4. The van der Waals surface area contributed by atoms with Crippen LogP contribution in [-0.2, 0) is 0 Å². The number of para-hydroxylation sites is 1. The maximum Gasteiger partial charge on any atom is 0.322 e. The van der Waals surface area contributed by atoms with Gasteiger partial charge in [0.25, 0.3) is 0 Å². The van der Waals surface area contributed by atoms with Crippen LogP contribution in [0, 0.1) is 5.82 Å². The average Bonchev–Trinajstić information content (AvgIpc) is 3.23. The number of Topliss-reactive ketones (excluding diaryl/α,β-unsaturated/α-hetero) is 1. The molecule has 6 nitrogen and oxygen atoms in total. The first-order chi connectivity index (χ1) is 17.9. The maximum absolute atomic E-state index is 13.3. The van der Waals surface area contributed by atoms with Crippen LogP contribution in [0.3, 0.4) is 0 Å². The van der Waals surface area contributed by atoms with Gasteiger partial charge in [-0.25, -0.2) is 9.18 Å². The number of carbonyl (C=O) groups excluding carboxylic acids is 2. The highest BCUT2D eigenvalue weighted by Gasteiger charge is 2.42. The van der Waals surface area contributed by atoms with Crippen molar-refractivity contribution in [1.29, 1.82) is 0 Å². The third-order valence-corrected chi connectivity index (χ3v) is 6.60. The van der Waals surface area contributed by atoms with Gasteiger partial charge in [-0.1, -0.05) is 42.5 Å². The number of nitrogens with one attached hydrogen (secondary N) is 1. The number of phenols is 2. The summed E-state index contributed by atoms with van der Waals surface area (Å²) in [4.78, 5) is 27.5. The van der Waals surface area contributed by atoms with Gasteiger partial charge in [0, 0.05) is 23.2 Å². The third kappa shape index (κ3) is 5.02. The summed E-state index contributed by atoms with van der Waals surface area (Å²) in [6.45, 7) is 0. The van der Waals surface area contributed by atoms with E-state index in [1.807, 2.05) is 42.5 Å². The Labute approximate surface area is 213 Å². The lowest BCUT2D eigenvalue weighted by Crippen LogP contribution is -2.29. The molecular formula is C30H25FN2O4. The molecule has 5 rings (SSSR count). The highest BCUT2D eigenvalue weighted by molar-refractivity contribution is 5.97. The van der Waals surface area contributed by atoms with Crippen molar-refractivity contribution in [1.82, 2.24) is 5.32 Å². The minimum absolute atomic E-state index is 0.00173. The van der Waals surface area contributed by atoms with E-state index in [4.69, 9.17) is 0 Å². The Kier molecular flexibility index (Phi) is 6.60. The number of halogens is 1. The molecule has 0 radical (unpaired) electrons. The molecule has 4 aromatic carbocycles. The lowest BCUT2D eigenvalue weighted by atomic mass is 9.92. The summed E-state index contributed by atoms with van der Waals surface area (Å²) in [5.74, 6) is -0.455. The summed E-state index contributed by atoms with van der Waals surface area (Å²) in [5, 5.41) is 23.9. The van der Waals surface area contributed by atoms with Gasteiger partial charge in [0.1, 0.15) is 17.3 Å². The highest BCUT2D eigenvalue weighted by Crippen LogP contribution is 2.41. The summed E-state index contributed by atoms with van der Waals surface area (Å²) in [5.41, 5.74) is 3.05. The molecule has 3 N–H and O–H groups in total. The van der Waals surface area contributed by atoms with E-state index in [2.05, 4.69) is 5.32 Å². The average molecular weight is 497 g/mol. The van der Waals surface area contributed by atoms with Crippen LogP contribution >= 0.6 is 0 Å².